The summed E-state index contributed by atoms with van der Waals surface area (Å²) in [5, 5.41) is 3.93. The van der Waals surface area contributed by atoms with Gasteiger partial charge in [-0.2, -0.15) is 0 Å². The van der Waals surface area contributed by atoms with E-state index in [0.29, 0.717) is 23.5 Å². The molecule has 0 fully saturated rings. The van der Waals surface area contributed by atoms with Gasteiger partial charge in [-0.1, -0.05) is 23.4 Å². The van der Waals surface area contributed by atoms with Crippen LogP contribution in [0.25, 0.3) is 22.5 Å². The fourth-order valence-corrected chi connectivity index (χ4v) is 3.66. The molecular weight excluding hydrogens is 444 g/mol. The molecule has 2 aromatic heterocycles. The maximum absolute atomic E-state index is 13.6. The van der Waals surface area contributed by atoms with Crippen LogP contribution in [0.2, 0.25) is 0 Å². The number of nitrogens with zero attached hydrogens (tertiary/aromatic N) is 5. The Morgan fingerprint density at radius 1 is 1.00 bits per heavy atom. The van der Waals surface area contributed by atoms with Gasteiger partial charge in [0.25, 0.3) is 0 Å². The maximum Gasteiger partial charge on any atom is 0.441 e. The summed E-state index contributed by atoms with van der Waals surface area (Å²) in [5.74, 6) is -1.57. The van der Waals surface area contributed by atoms with E-state index in [2.05, 4.69) is 10.1 Å². The van der Waals surface area contributed by atoms with Gasteiger partial charge in [-0.3, -0.25) is 13.7 Å². The molecule has 0 bridgehead atoms. The van der Waals surface area contributed by atoms with Crippen LogP contribution in [0, 0.1) is 11.6 Å². The Hall–Kier alpha value is -3.92. The first-order chi connectivity index (χ1) is 16.3. The minimum Gasteiger partial charge on any atom is -0.309 e. The minimum absolute atomic E-state index is 0.161. The summed E-state index contributed by atoms with van der Waals surface area (Å²) < 4.78 is 35.0. The smallest absolute Gasteiger partial charge is 0.309 e. The Morgan fingerprint density at radius 2 is 1.76 bits per heavy atom. The number of hydrogen-bond acceptors (Lipinski definition) is 6. The van der Waals surface area contributed by atoms with Crippen LogP contribution in [0.5, 0.6) is 0 Å². The standard InChI is InChI=1S/C24H23F2N5O3/c1-29(2)7-4-8-31-22(28-34-24(31)33)17-6-3-5-16(9-17)14-30-15-19(13-27-23(30)32)18-10-20(25)12-21(26)11-18/h3,5-6,9-13,15H,4,7-8,14H2,1-2H3. The molecular formula is C24H23F2N5O3. The second kappa shape index (κ2) is 9.92. The lowest BCUT2D eigenvalue weighted by Gasteiger charge is -2.11. The quantitative estimate of drug-likeness (QED) is 0.396. The van der Waals surface area contributed by atoms with E-state index in [0.717, 1.165) is 24.6 Å². The average Bonchev–Trinajstić information content (AvgIpc) is 3.15. The lowest BCUT2D eigenvalue weighted by Crippen LogP contribution is -2.23. The first-order valence-electron chi connectivity index (χ1n) is 10.6. The lowest BCUT2D eigenvalue weighted by molar-refractivity contribution is 0.360. The first-order valence-corrected chi connectivity index (χ1v) is 10.6. The van der Waals surface area contributed by atoms with Crippen LogP contribution in [0.1, 0.15) is 12.0 Å². The summed E-state index contributed by atoms with van der Waals surface area (Å²) in [4.78, 5) is 30.4. The Balaban J connectivity index is 1.62. The van der Waals surface area contributed by atoms with Crippen molar-refractivity contribution in [3.63, 3.8) is 0 Å². The molecule has 4 aromatic rings. The molecule has 0 saturated heterocycles. The average molecular weight is 467 g/mol. The molecule has 0 unspecified atom stereocenters. The van der Waals surface area contributed by atoms with Gasteiger partial charge in [0.2, 0.25) is 0 Å². The molecule has 176 valence electrons. The van der Waals surface area contributed by atoms with Crippen molar-refractivity contribution < 1.29 is 13.3 Å². The minimum atomic E-state index is -0.718. The fraction of sp³-hybridized carbons (Fsp3) is 0.250. The highest BCUT2D eigenvalue weighted by Gasteiger charge is 2.14. The number of benzene rings is 2. The van der Waals surface area contributed by atoms with Crippen molar-refractivity contribution in [2.45, 2.75) is 19.5 Å². The molecule has 2 heterocycles. The molecule has 2 aromatic carbocycles. The molecule has 0 amide bonds. The Kier molecular flexibility index (Phi) is 6.78. The van der Waals surface area contributed by atoms with Gasteiger partial charge in [0.05, 0.1) is 6.54 Å². The van der Waals surface area contributed by atoms with Crippen LogP contribution < -0.4 is 11.4 Å². The molecule has 10 heteroatoms. The SMILES string of the molecule is CN(C)CCCn1c(-c2cccc(Cn3cc(-c4cc(F)cc(F)c4)cnc3=O)c2)noc1=O. The zero-order valence-corrected chi connectivity index (χ0v) is 18.7. The third-order valence-corrected chi connectivity index (χ3v) is 5.26. The number of halogens is 2. The molecule has 4 rings (SSSR count). The van der Waals surface area contributed by atoms with E-state index < -0.39 is 23.1 Å². The molecule has 0 aliphatic heterocycles. The monoisotopic (exact) mass is 467 g/mol. The highest BCUT2D eigenvalue weighted by Crippen LogP contribution is 2.21. The van der Waals surface area contributed by atoms with Crippen molar-refractivity contribution in [1.29, 1.82) is 0 Å². The second-order valence-corrected chi connectivity index (χ2v) is 8.19. The third-order valence-electron chi connectivity index (χ3n) is 5.26. The molecule has 34 heavy (non-hydrogen) atoms. The van der Waals surface area contributed by atoms with Crippen LogP contribution in [-0.4, -0.2) is 44.8 Å². The predicted molar refractivity (Wildman–Crippen MR) is 122 cm³/mol. The Labute approximate surface area is 193 Å². The molecule has 0 N–H and O–H groups in total. The normalized spacial score (nSPS) is 11.3. The van der Waals surface area contributed by atoms with E-state index in [-0.39, 0.29) is 12.1 Å². The molecule has 0 radical (unpaired) electrons. The second-order valence-electron chi connectivity index (χ2n) is 8.19. The topological polar surface area (TPSA) is 86.2 Å². The van der Waals surface area contributed by atoms with Gasteiger partial charge in [0, 0.05) is 36.1 Å². The van der Waals surface area contributed by atoms with Crippen molar-refractivity contribution in [2.75, 3.05) is 20.6 Å². The number of rotatable bonds is 8. The van der Waals surface area contributed by atoms with Crippen LogP contribution >= 0.6 is 0 Å². The highest BCUT2D eigenvalue weighted by atomic mass is 19.1. The van der Waals surface area contributed by atoms with Crippen molar-refractivity contribution in [2.24, 2.45) is 0 Å². The summed E-state index contributed by atoms with van der Waals surface area (Å²) in [6.45, 7) is 1.42. The van der Waals surface area contributed by atoms with Crippen LogP contribution in [0.15, 0.2) is 69.0 Å². The van der Waals surface area contributed by atoms with E-state index in [9.17, 15) is 18.4 Å². The van der Waals surface area contributed by atoms with Crippen LogP contribution in [0.3, 0.4) is 0 Å². The van der Waals surface area contributed by atoms with E-state index in [1.807, 2.05) is 25.1 Å². The van der Waals surface area contributed by atoms with Gasteiger partial charge in [-0.15, -0.1) is 0 Å². The van der Waals surface area contributed by atoms with Crippen molar-refractivity contribution in [3.8, 4) is 22.5 Å². The predicted octanol–water partition coefficient (Wildman–Crippen LogP) is 3.01. The largest absolute Gasteiger partial charge is 0.441 e. The summed E-state index contributed by atoms with van der Waals surface area (Å²) in [6.07, 6.45) is 3.53. The zero-order chi connectivity index (χ0) is 24.2. The molecule has 8 nitrogen and oxygen atoms in total. The third kappa shape index (κ3) is 5.34. The van der Waals surface area contributed by atoms with E-state index in [1.54, 1.807) is 18.2 Å². The molecule has 0 aliphatic rings. The fourth-order valence-electron chi connectivity index (χ4n) is 3.66. The molecule has 0 saturated carbocycles. The van der Waals surface area contributed by atoms with Gasteiger partial charge in [-0.25, -0.2) is 23.4 Å². The summed E-state index contributed by atoms with van der Waals surface area (Å²) in [5.41, 5.74) is 1.59. The Morgan fingerprint density at radius 3 is 2.50 bits per heavy atom. The molecule has 0 spiro atoms. The number of aromatic nitrogens is 4. The summed E-state index contributed by atoms with van der Waals surface area (Å²) in [6, 6.07) is 10.3. The van der Waals surface area contributed by atoms with E-state index in [4.69, 9.17) is 4.52 Å². The lowest BCUT2D eigenvalue weighted by atomic mass is 10.1. The van der Waals surface area contributed by atoms with Crippen LogP contribution in [-0.2, 0) is 13.1 Å². The van der Waals surface area contributed by atoms with Crippen molar-refractivity contribution in [3.05, 3.63) is 93.1 Å². The maximum atomic E-state index is 13.6. The van der Waals surface area contributed by atoms with Gasteiger partial charge in [-0.05, 0) is 56.4 Å². The molecule has 0 aliphatic carbocycles. The summed E-state index contributed by atoms with van der Waals surface area (Å²) in [7, 11) is 3.91. The van der Waals surface area contributed by atoms with E-state index >= 15 is 0 Å². The van der Waals surface area contributed by atoms with Crippen molar-refractivity contribution >= 4 is 0 Å². The van der Waals surface area contributed by atoms with Gasteiger partial charge in [0.1, 0.15) is 11.6 Å². The Bertz CT molecular complexity index is 1400. The zero-order valence-electron chi connectivity index (χ0n) is 18.7. The van der Waals surface area contributed by atoms with Gasteiger partial charge in [0.15, 0.2) is 5.82 Å². The highest BCUT2D eigenvalue weighted by molar-refractivity contribution is 5.61. The van der Waals surface area contributed by atoms with Crippen molar-refractivity contribution in [1.82, 2.24) is 24.2 Å². The first kappa shape index (κ1) is 23.2. The number of hydrogen-bond donors (Lipinski definition) is 0. The van der Waals surface area contributed by atoms with Crippen LogP contribution in [0.4, 0.5) is 8.78 Å². The van der Waals surface area contributed by atoms with Gasteiger partial charge < -0.3 is 4.90 Å². The molecule has 0 atom stereocenters. The summed E-state index contributed by atoms with van der Waals surface area (Å²) >= 11 is 0. The van der Waals surface area contributed by atoms with Gasteiger partial charge >= 0.3 is 11.4 Å². The van der Waals surface area contributed by atoms with E-state index in [1.165, 1.54) is 33.7 Å².